The predicted molar refractivity (Wildman–Crippen MR) is 71.8 cm³/mol. The molecule has 0 spiro atoms. The molecule has 1 atom stereocenters. The zero-order valence-electron chi connectivity index (χ0n) is 10.6. The lowest BCUT2D eigenvalue weighted by molar-refractivity contribution is 0.0849. The molecule has 0 aliphatic carbocycles. The molecule has 1 aliphatic rings. The van der Waals surface area contributed by atoms with E-state index in [-0.39, 0.29) is 11.9 Å². The third kappa shape index (κ3) is 2.19. The Morgan fingerprint density at radius 2 is 1.95 bits per heavy atom. The maximum atomic E-state index is 12.2. The average molecular weight is 254 g/mol. The summed E-state index contributed by atoms with van der Waals surface area (Å²) in [6.07, 6.45) is 0.166. The van der Waals surface area contributed by atoms with E-state index in [0.717, 1.165) is 5.56 Å². The second kappa shape index (κ2) is 4.76. The average Bonchev–Trinajstić information content (AvgIpc) is 2.48. The molecule has 0 bridgehead atoms. The maximum absolute atomic E-state index is 12.2. The van der Waals surface area contributed by atoms with Crippen molar-refractivity contribution in [2.75, 3.05) is 7.11 Å². The van der Waals surface area contributed by atoms with E-state index in [9.17, 15) is 4.79 Å². The SMILES string of the molecule is COc1ccc2c(c1)C(=O)C[C@@H](c1ccccc1)O2. The molecule has 0 fully saturated rings. The molecular weight excluding hydrogens is 240 g/mol. The molecule has 19 heavy (non-hydrogen) atoms. The van der Waals surface area contributed by atoms with Gasteiger partial charge in [0.25, 0.3) is 0 Å². The van der Waals surface area contributed by atoms with Crippen LogP contribution in [0, 0.1) is 0 Å². The summed E-state index contributed by atoms with van der Waals surface area (Å²) in [6, 6.07) is 15.1. The normalized spacial score (nSPS) is 17.5. The van der Waals surface area contributed by atoms with Crippen molar-refractivity contribution < 1.29 is 14.3 Å². The lowest BCUT2D eigenvalue weighted by Gasteiger charge is -2.25. The number of hydrogen-bond acceptors (Lipinski definition) is 3. The molecule has 2 aromatic rings. The standard InChI is InChI=1S/C16H14O3/c1-18-12-7-8-15-13(9-12)14(17)10-16(19-15)11-5-3-2-4-6-11/h2-9,16H,10H2,1H3/t16-/m0/s1. The summed E-state index contributed by atoms with van der Waals surface area (Å²) < 4.78 is 11.0. The van der Waals surface area contributed by atoms with Crippen LogP contribution in [-0.2, 0) is 0 Å². The monoisotopic (exact) mass is 254 g/mol. The zero-order chi connectivity index (χ0) is 13.2. The highest BCUT2D eigenvalue weighted by atomic mass is 16.5. The van der Waals surface area contributed by atoms with Crippen LogP contribution in [0.15, 0.2) is 48.5 Å². The minimum Gasteiger partial charge on any atom is -0.497 e. The molecule has 0 saturated carbocycles. The first-order chi connectivity index (χ1) is 9.28. The van der Waals surface area contributed by atoms with Crippen molar-refractivity contribution in [3.8, 4) is 11.5 Å². The Morgan fingerprint density at radius 3 is 2.68 bits per heavy atom. The van der Waals surface area contributed by atoms with Crippen molar-refractivity contribution in [3.05, 3.63) is 59.7 Å². The number of Topliss-reactive ketones (excluding diaryl/α,β-unsaturated/α-hetero) is 1. The third-order valence-corrected chi connectivity index (χ3v) is 3.30. The van der Waals surface area contributed by atoms with Crippen molar-refractivity contribution >= 4 is 5.78 Å². The van der Waals surface area contributed by atoms with Gasteiger partial charge in [-0.05, 0) is 23.8 Å². The van der Waals surface area contributed by atoms with E-state index in [1.54, 1.807) is 25.3 Å². The molecule has 0 saturated heterocycles. The molecule has 2 aromatic carbocycles. The van der Waals surface area contributed by atoms with Crippen LogP contribution in [-0.4, -0.2) is 12.9 Å². The quantitative estimate of drug-likeness (QED) is 0.824. The van der Waals surface area contributed by atoms with Crippen molar-refractivity contribution in [2.45, 2.75) is 12.5 Å². The first-order valence-electron chi connectivity index (χ1n) is 6.21. The fraction of sp³-hybridized carbons (Fsp3) is 0.188. The summed E-state index contributed by atoms with van der Waals surface area (Å²) in [5.74, 6) is 1.40. The first kappa shape index (κ1) is 11.8. The lowest BCUT2D eigenvalue weighted by atomic mass is 9.96. The topological polar surface area (TPSA) is 35.5 Å². The zero-order valence-corrected chi connectivity index (χ0v) is 10.6. The smallest absolute Gasteiger partial charge is 0.170 e. The summed E-state index contributed by atoms with van der Waals surface area (Å²) in [4.78, 5) is 12.2. The molecule has 3 rings (SSSR count). The molecular formula is C16H14O3. The third-order valence-electron chi connectivity index (χ3n) is 3.30. The molecule has 96 valence electrons. The van der Waals surface area contributed by atoms with E-state index in [4.69, 9.17) is 9.47 Å². The fourth-order valence-electron chi connectivity index (χ4n) is 2.28. The van der Waals surface area contributed by atoms with Crippen LogP contribution in [0.1, 0.15) is 28.4 Å². The Labute approximate surface area is 111 Å². The molecule has 1 heterocycles. The van der Waals surface area contributed by atoms with Gasteiger partial charge in [-0.1, -0.05) is 30.3 Å². The van der Waals surface area contributed by atoms with E-state index in [2.05, 4.69) is 0 Å². The predicted octanol–water partition coefficient (Wildman–Crippen LogP) is 3.40. The number of ether oxygens (including phenoxy) is 2. The van der Waals surface area contributed by atoms with Crippen LogP contribution in [0.4, 0.5) is 0 Å². The number of ketones is 1. The Morgan fingerprint density at radius 1 is 1.16 bits per heavy atom. The minimum atomic E-state index is -0.199. The highest BCUT2D eigenvalue weighted by Gasteiger charge is 2.27. The van der Waals surface area contributed by atoms with Crippen molar-refractivity contribution in [1.29, 1.82) is 0 Å². The van der Waals surface area contributed by atoms with Crippen LogP contribution in [0.5, 0.6) is 11.5 Å². The number of benzene rings is 2. The Kier molecular flexibility index (Phi) is 2.95. The second-order valence-electron chi connectivity index (χ2n) is 4.51. The van der Waals surface area contributed by atoms with E-state index in [0.29, 0.717) is 23.5 Å². The summed E-state index contributed by atoms with van der Waals surface area (Å²) >= 11 is 0. The lowest BCUT2D eigenvalue weighted by Crippen LogP contribution is -2.20. The van der Waals surface area contributed by atoms with Gasteiger partial charge < -0.3 is 9.47 Å². The van der Waals surface area contributed by atoms with E-state index in [1.165, 1.54) is 0 Å². The van der Waals surface area contributed by atoms with Gasteiger partial charge in [-0.15, -0.1) is 0 Å². The Bertz CT molecular complexity index is 605. The second-order valence-corrected chi connectivity index (χ2v) is 4.51. The summed E-state index contributed by atoms with van der Waals surface area (Å²) in [7, 11) is 1.59. The number of rotatable bonds is 2. The molecule has 0 unspecified atom stereocenters. The van der Waals surface area contributed by atoms with Gasteiger partial charge in [-0.3, -0.25) is 4.79 Å². The molecule has 0 aromatic heterocycles. The van der Waals surface area contributed by atoms with E-state index >= 15 is 0 Å². The summed E-state index contributed by atoms with van der Waals surface area (Å²) in [6.45, 7) is 0. The van der Waals surface area contributed by atoms with E-state index in [1.807, 2.05) is 30.3 Å². The van der Waals surface area contributed by atoms with Crippen LogP contribution in [0.3, 0.4) is 0 Å². The van der Waals surface area contributed by atoms with Gasteiger partial charge in [0.05, 0.1) is 19.1 Å². The van der Waals surface area contributed by atoms with Crippen molar-refractivity contribution in [3.63, 3.8) is 0 Å². The van der Waals surface area contributed by atoms with Gasteiger partial charge in [0.15, 0.2) is 5.78 Å². The maximum Gasteiger partial charge on any atom is 0.170 e. The Hall–Kier alpha value is -2.29. The number of carbonyl (C=O) groups excluding carboxylic acids is 1. The Balaban J connectivity index is 1.95. The minimum absolute atomic E-state index is 0.0917. The van der Waals surface area contributed by atoms with Crippen LogP contribution in [0.25, 0.3) is 0 Å². The molecule has 0 radical (unpaired) electrons. The van der Waals surface area contributed by atoms with Gasteiger partial charge in [0, 0.05) is 0 Å². The highest BCUT2D eigenvalue weighted by Crippen LogP contribution is 2.36. The molecule has 0 N–H and O–H groups in total. The largest absolute Gasteiger partial charge is 0.497 e. The number of hydrogen-bond donors (Lipinski definition) is 0. The molecule has 3 heteroatoms. The van der Waals surface area contributed by atoms with Gasteiger partial charge >= 0.3 is 0 Å². The summed E-state index contributed by atoms with van der Waals surface area (Å²) in [5.41, 5.74) is 1.63. The van der Waals surface area contributed by atoms with E-state index < -0.39 is 0 Å². The van der Waals surface area contributed by atoms with Gasteiger partial charge in [0.2, 0.25) is 0 Å². The van der Waals surface area contributed by atoms with Crippen molar-refractivity contribution in [2.24, 2.45) is 0 Å². The summed E-state index contributed by atoms with van der Waals surface area (Å²) in [5, 5.41) is 0. The fourth-order valence-corrected chi connectivity index (χ4v) is 2.28. The van der Waals surface area contributed by atoms with Crippen LogP contribution >= 0.6 is 0 Å². The van der Waals surface area contributed by atoms with Crippen LogP contribution < -0.4 is 9.47 Å². The molecule has 1 aliphatic heterocycles. The molecule has 0 amide bonds. The van der Waals surface area contributed by atoms with Gasteiger partial charge in [-0.2, -0.15) is 0 Å². The van der Waals surface area contributed by atoms with Crippen LogP contribution in [0.2, 0.25) is 0 Å². The number of carbonyl (C=O) groups is 1. The van der Waals surface area contributed by atoms with Gasteiger partial charge in [0.1, 0.15) is 17.6 Å². The number of methoxy groups -OCH3 is 1. The van der Waals surface area contributed by atoms with Crippen molar-refractivity contribution in [1.82, 2.24) is 0 Å². The molecule has 3 nitrogen and oxygen atoms in total. The highest BCUT2D eigenvalue weighted by molar-refractivity contribution is 6.00. The first-order valence-corrected chi connectivity index (χ1v) is 6.21. The van der Waals surface area contributed by atoms with Gasteiger partial charge in [-0.25, -0.2) is 0 Å². The number of fused-ring (bicyclic) bond motifs is 1.